The monoisotopic (exact) mass is 593 g/mol. The standard InChI is InChI=1S/C27H23ClF3N3O3S2/c1-37-16-8-5-7-15(13-16)34-25(36)22-17-9-3-2-4-12-20(17)39-24(22)33-26(34)38-14-21(35)32-23-18(27(29,30)31)10-6-11-19(23)28/h5-8,10-11,13H,2-4,9,12,14H2,1H3,(H,32,35). The lowest BCUT2D eigenvalue weighted by Gasteiger charge is -2.16. The number of aryl methyl sites for hydroxylation is 2. The third-order valence-corrected chi connectivity index (χ3v) is 8.87. The van der Waals surface area contributed by atoms with Crippen LogP contribution in [-0.2, 0) is 23.8 Å². The van der Waals surface area contributed by atoms with Crippen LogP contribution in [0, 0.1) is 0 Å². The smallest absolute Gasteiger partial charge is 0.418 e. The van der Waals surface area contributed by atoms with Crippen LogP contribution in [0.2, 0.25) is 5.02 Å². The lowest BCUT2D eigenvalue weighted by Crippen LogP contribution is -2.23. The third kappa shape index (κ3) is 5.66. The molecule has 6 nitrogen and oxygen atoms in total. The fourth-order valence-electron chi connectivity index (χ4n) is 4.63. The zero-order valence-electron chi connectivity index (χ0n) is 20.7. The lowest BCUT2D eigenvalue weighted by molar-refractivity contribution is -0.137. The molecule has 1 aliphatic carbocycles. The van der Waals surface area contributed by atoms with E-state index in [0.717, 1.165) is 60.4 Å². The van der Waals surface area contributed by atoms with Gasteiger partial charge in [0.05, 0.1) is 40.2 Å². The maximum Gasteiger partial charge on any atom is 0.418 e. The topological polar surface area (TPSA) is 73.2 Å². The summed E-state index contributed by atoms with van der Waals surface area (Å²) < 4.78 is 47.2. The fraction of sp³-hybridized carbons (Fsp3) is 0.296. The number of methoxy groups -OCH3 is 1. The quantitative estimate of drug-likeness (QED) is 0.146. The van der Waals surface area contributed by atoms with Gasteiger partial charge in [-0.25, -0.2) is 4.98 Å². The first kappa shape index (κ1) is 27.5. The third-order valence-electron chi connectivity index (χ3n) is 6.44. The van der Waals surface area contributed by atoms with Crippen LogP contribution in [0.1, 0.15) is 35.3 Å². The molecular formula is C27H23ClF3N3O3S2. The Morgan fingerprint density at radius 2 is 1.95 bits per heavy atom. The van der Waals surface area contributed by atoms with Crippen LogP contribution in [0.3, 0.4) is 0 Å². The molecule has 0 spiro atoms. The van der Waals surface area contributed by atoms with E-state index in [4.69, 9.17) is 21.3 Å². The van der Waals surface area contributed by atoms with Crippen molar-refractivity contribution in [3.8, 4) is 11.4 Å². The van der Waals surface area contributed by atoms with E-state index in [1.807, 2.05) is 0 Å². The van der Waals surface area contributed by atoms with Gasteiger partial charge in [0.25, 0.3) is 5.56 Å². The zero-order valence-corrected chi connectivity index (χ0v) is 23.1. The zero-order chi connectivity index (χ0) is 27.7. The number of ether oxygens (including phenoxy) is 1. The molecule has 0 unspecified atom stereocenters. The van der Waals surface area contributed by atoms with Crippen molar-refractivity contribution in [2.45, 2.75) is 43.4 Å². The number of rotatable bonds is 6. The molecule has 0 saturated carbocycles. The van der Waals surface area contributed by atoms with E-state index in [1.165, 1.54) is 35.1 Å². The van der Waals surface area contributed by atoms with Gasteiger partial charge in [0.15, 0.2) is 5.16 Å². The summed E-state index contributed by atoms with van der Waals surface area (Å²) in [6, 6.07) is 10.2. The number of nitrogens with one attached hydrogen (secondary N) is 1. The second kappa shape index (κ2) is 11.2. The summed E-state index contributed by atoms with van der Waals surface area (Å²) in [6.07, 6.45) is 0.143. The second-order valence-electron chi connectivity index (χ2n) is 8.98. The molecule has 2 heterocycles. The van der Waals surface area contributed by atoms with E-state index < -0.39 is 23.3 Å². The average Bonchev–Trinajstić information content (AvgIpc) is 3.09. The molecule has 0 aliphatic heterocycles. The van der Waals surface area contributed by atoms with E-state index in [2.05, 4.69) is 5.32 Å². The number of benzene rings is 2. The largest absolute Gasteiger partial charge is 0.497 e. The molecule has 0 bridgehead atoms. The minimum absolute atomic E-state index is 0.226. The van der Waals surface area contributed by atoms with E-state index in [1.54, 1.807) is 24.3 Å². The van der Waals surface area contributed by atoms with Gasteiger partial charge in [0.1, 0.15) is 10.6 Å². The molecule has 1 aliphatic rings. The number of nitrogens with zero attached hydrogens (tertiary/aromatic N) is 2. The van der Waals surface area contributed by atoms with Crippen molar-refractivity contribution >= 4 is 56.5 Å². The summed E-state index contributed by atoms with van der Waals surface area (Å²) in [5.41, 5.74) is -0.250. The number of thioether (sulfide) groups is 1. The van der Waals surface area contributed by atoms with Crippen LogP contribution in [0.15, 0.2) is 52.4 Å². The molecule has 5 rings (SSSR count). The highest BCUT2D eigenvalue weighted by molar-refractivity contribution is 7.99. The first-order valence-corrected chi connectivity index (χ1v) is 14.4. The summed E-state index contributed by atoms with van der Waals surface area (Å²) in [4.78, 5) is 33.3. The van der Waals surface area contributed by atoms with Crippen LogP contribution in [-0.4, -0.2) is 28.3 Å². The Bertz CT molecular complexity index is 1620. The maximum absolute atomic E-state index is 14.0. The molecule has 39 heavy (non-hydrogen) atoms. The average molecular weight is 594 g/mol. The molecule has 1 N–H and O–H groups in total. The molecule has 2 aromatic heterocycles. The van der Waals surface area contributed by atoms with Crippen LogP contribution < -0.4 is 15.6 Å². The summed E-state index contributed by atoms with van der Waals surface area (Å²) in [5, 5.41) is 2.90. The van der Waals surface area contributed by atoms with Crippen molar-refractivity contribution in [2.75, 3.05) is 18.2 Å². The Hall–Kier alpha value is -3.02. The van der Waals surface area contributed by atoms with Gasteiger partial charge in [-0.2, -0.15) is 13.2 Å². The maximum atomic E-state index is 14.0. The Kier molecular flexibility index (Phi) is 7.93. The molecule has 0 fully saturated rings. The van der Waals surface area contributed by atoms with E-state index in [0.29, 0.717) is 21.7 Å². The van der Waals surface area contributed by atoms with Gasteiger partial charge >= 0.3 is 6.18 Å². The summed E-state index contributed by atoms with van der Waals surface area (Å²) in [7, 11) is 1.52. The van der Waals surface area contributed by atoms with E-state index in [-0.39, 0.29) is 21.5 Å². The Morgan fingerprint density at radius 1 is 1.18 bits per heavy atom. The number of anilines is 1. The second-order valence-corrected chi connectivity index (χ2v) is 11.4. The summed E-state index contributed by atoms with van der Waals surface area (Å²) in [6.45, 7) is 0. The predicted octanol–water partition coefficient (Wildman–Crippen LogP) is 7.13. The van der Waals surface area contributed by atoms with Gasteiger partial charge in [-0.3, -0.25) is 14.2 Å². The Morgan fingerprint density at radius 3 is 2.72 bits per heavy atom. The fourth-order valence-corrected chi connectivity index (χ4v) is 6.97. The molecule has 12 heteroatoms. The van der Waals surface area contributed by atoms with E-state index in [9.17, 15) is 22.8 Å². The predicted molar refractivity (Wildman–Crippen MR) is 149 cm³/mol. The summed E-state index contributed by atoms with van der Waals surface area (Å²) in [5.74, 6) is -0.474. The van der Waals surface area contributed by atoms with Crippen molar-refractivity contribution in [1.82, 2.24) is 9.55 Å². The first-order chi connectivity index (χ1) is 18.7. The number of fused-ring (bicyclic) bond motifs is 3. The number of carbonyl (C=O) groups excluding carboxylic acids is 1. The van der Waals surface area contributed by atoms with Gasteiger partial charge in [0.2, 0.25) is 5.91 Å². The number of para-hydroxylation sites is 1. The normalized spacial score (nSPS) is 13.7. The molecule has 1 amide bonds. The number of amides is 1. The van der Waals surface area contributed by atoms with Gasteiger partial charge in [-0.1, -0.05) is 41.9 Å². The number of halogens is 4. The Balaban J connectivity index is 1.53. The Labute approximate surface area is 235 Å². The highest BCUT2D eigenvalue weighted by Gasteiger charge is 2.35. The van der Waals surface area contributed by atoms with E-state index >= 15 is 0 Å². The molecule has 0 atom stereocenters. The summed E-state index contributed by atoms with van der Waals surface area (Å²) >= 11 is 8.44. The number of hydrogen-bond acceptors (Lipinski definition) is 6. The molecule has 204 valence electrons. The van der Waals surface area contributed by atoms with Crippen LogP contribution in [0.4, 0.5) is 18.9 Å². The lowest BCUT2D eigenvalue weighted by atomic mass is 10.1. The van der Waals surface area contributed by atoms with Gasteiger partial charge < -0.3 is 10.1 Å². The van der Waals surface area contributed by atoms with Crippen molar-refractivity contribution in [1.29, 1.82) is 0 Å². The highest BCUT2D eigenvalue weighted by atomic mass is 35.5. The molecule has 0 saturated heterocycles. The number of alkyl halides is 3. The molecule has 2 aromatic carbocycles. The number of carbonyl (C=O) groups is 1. The van der Waals surface area contributed by atoms with Gasteiger partial charge in [-0.15, -0.1) is 11.3 Å². The van der Waals surface area contributed by atoms with Crippen molar-refractivity contribution in [2.24, 2.45) is 0 Å². The minimum Gasteiger partial charge on any atom is -0.497 e. The number of thiophene rings is 1. The SMILES string of the molecule is COc1cccc(-n2c(SCC(=O)Nc3c(Cl)cccc3C(F)(F)F)nc3sc4c(c3c2=O)CCCCC4)c1. The van der Waals surface area contributed by atoms with Crippen molar-refractivity contribution in [3.05, 3.63) is 73.8 Å². The number of aromatic nitrogens is 2. The van der Waals surface area contributed by atoms with Gasteiger partial charge in [0, 0.05) is 10.9 Å². The van der Waals surface area contributed by atoms with Crippen LogP contribution in [0.25, 0.3) is 15.9 Å². The van der Waals surface area contributed by atoms with Gasteiger partial charge in [-0.05, 0) is 55.5 Å². The van der Waals surface area contributed by atoms with Crippen molar-refractivity contribution < 1.29 is 22.7 Å². The molecular weight excluding hydrogens is 571 g/mol. The van der Waals surface area contributed by atoms with Crippen LogP contribution >= 0.6 is 34.7 Å². The van der Waals surface area contributed by atoms with Crippen molar-refractivity contribution in [3.63, 3.8) is 0 Å². The highest BCUT2D eigenvalue weighted by Crippen LogP contribution is 2.39. The van der Waals surface area contributed by atoms with Crippen LogP contribution in [0.5, 0.6) is 5.75 Å². The minimum atomic E-state index is -4.70. The first-order valence-electron chi connectivity index (χ1n) is 12.2. The molecule has 0 radical (unpaired) electrons. The molecule has 4 aromatic rings. The number of hydrogen-bond donors (Lipinski definition) is 1.